The van der Waals surface area contributed by atoms with Crippen LogP contribution in [0.15, 0.2) is 12.2 Å². The molecule has 3 aliphatic rings. The Labute approximate surface area is 126 Å². The molecule has 21 heavy (non-hydrogen) atoms. The van der Waals surface area contributed by atoms with Gasteiger partial charge in [0, 0.05) is 26.2 Å². The molecule has 1 aliphatic carbocycles. The molecule has 0 aromatic rings. The number of hydrogen-bond acceptors (Lipinski definition) is 3. The topological polar surface area (TPSA) is 50.8 Å². The Morgan fingerprint density at radius 1 is 1.29 bits per heavy atom. The van der Waals surface area contributed by atoms with Gasteiger partial charge in [-0.15, -0.1) is 0 Å². The largest absolute Gasteiger partial charge is 0.377 e. The highest BCUT2D eigenvalue weighted by Gasteiger charge is 2.34. The monoisotopic (exact) mass is 294 g/mol. The summed E-state index contributed by atoms with van der Waals surface area (Å²) in [4.78, 5) is 14.1. The Kier molecular flexibility index (Phi) is 5.14. The number of nitrogens with zero attached hydrogens (tertiary/aromatic N) is 1. The zero-order valence-electron chi connectivity index (χ0n) is 12.6. The fourth-order valence-electron chi connectivity index (χ4n) is 3.51. The molecule has 0 spiro atoms. The van der Waals surface area contributed by atoms with Crippen molar-refractivity contribution in [3.05, 3.63) is 12.2 Å². The molecular formula is C16H26N2O3. The third-order valence-corrected chi connectivity index (χ3v) is 4.76. The van der Waals surface area contributed by atoms with E-state index >= 15 is 0 Å². The summed E-state index contributed by atoms with van der Waals surface area (Å²) in [5.74, 6) is 1.33. The van der Waals surface area contributed by atoms with Gasteiger partial charge in [0.25, 0.3) is 0 Å². The summed E-state index contributed by atoms with van der Waals surface area (Å²) in [6, 6.07) is 0.0603. The lowest BCUT2D eigenvalue weighted by Crippen LogP contribution is -2.40. The van der Waals surface area contributed by atoms with Crippen LogP contribution in [-0.2, 0) is 9.47 Å². The van der Waals surface area contributed by atoms with Crippen molar-refractivity contribution in [3.63, 3.8) is 0 Å². The van der Waals surface area contributed by atoms with Crippen molar-refractivity contribution in [2.45, 2.75) is 31.8 Å². The zero-order valence-corrected chi connectivity index (χ0v) is 12.6. The number of allylic oxidation sites excluding steroid dienone is 2. The first-order valence-corrected chi connectivity index (χ1v) is 8.20. The van der Waals surface area contributed by atoms with Crippen molar-refractivity contribution in [2.75, 3.05) is 39.5 Å². The fraction of sp³-hybridized carbons (Fsp3) is 0.812. The van der Waals surface area contributed by atoms with Gasteiger partial charge < -0.3 is 19.7 Å². The third kappa shape index (κ3) is 3.98. The number of urea groups is 1. The lowest BCUT2D eigenvalue weighted by molar-refractivity contribution is 0.0186. The minimum Gasteiger partial charge on any atom is -0.377 e. The number of hydrogen-bond donors (Lipinski definition) is 1. The van der Waals surface area contributed by atoms with E-state index in [4.69, 9.17) is 9.47 Å². The van der Waals surface area contributed by atoms with Crippen LogP contribution in [0.25, 0.3) is 0 Å². The predicted molar refractivity (Wildman–Crippen MR) is 80.1 cm³/mol. The van der Waals surface area contributed by atoms with Crippen LogP contribution in [0.1, 0.15) is 25.7 Å². The van der Waals surface area contributed by atoms with Crippen LogP contribution in [0.5, 0.6) is 0 Å². The van der Waals surface area contributed by atoms with Crippen molar-refractivity contribution in [1.82, 2.24) is 10.2 Å². The summed E-state index contributed by atoms with van der Waals surface area (Å²) in [5.41, 5.74) is 0. The molecule has 1 N–H and O–H groups in total. The summed E-state index contributed by atoms with van der Waals surface area (Å²) in [7, 11) is 0. The van der Waals surface area contributed by atoms with Gasteiger partial charge in [0.05, 0.1) is 19.3 Å². The van der Waals surface area contributed by atoms with Gasteiger partial charge in [-0.25, -0.2) is 4.79 Å². The van der Waals surface area contributed by atoms with Gasteiger partial charge in [-0.2, -0.15) is 0 Å². The third-order valence-electron chi connectivity index (χ3n) is 4.76. The highest BCUT2D eigenvalue weighted by Crippen LogP contribution is 2.32. The van der Waals surface area contributed by atoms with E-state index in [1.165, 1.54) is 0 Å². The first kappa shape index (κ1) is 14.9. The molecule has 5 heteroatoms. The molecule has 0 radical (unpaired) electrons. The zero-order chi connectivity index (χ0) is 14.5. The molecule has 3 rings (SSSR count). The van der Waals surface area contributed by atoms with Crippen molar-refractivity contribution >= 4 is 6.03 Å². The minimum atomic E-state index is 0.0603. The van der Waals surface area contributed by atoms with E-state index in [0.29, 0.717) is 31.6 Å². The van der Waals surface area contributed by atoms with Crippen molar-refractivity contribution < 1.29 is 14.3 Å². The number of likely N-dealkylation sites (tertiary alicyclic amines) is 1. The van der Waals surface area contributed by atoms with Gasteiger partial charge in [-0.05, 0) is 37.5 Å². The number of carbonyl (C=O) groups is 1. The van der Waals surface area contributed by atoms with E-state index in [-0.39, 0.29) is 12.1 Å². The van der Waals surface area contributed by atoms with Gasteiger partial charge in [0.15, 0.2) is 0 Å². The molecule has 0 aromatic heterocycles. The summed E-state index contributed by atoms with van der Waals surface area (Å²) in [6.45, 7) is 4.45. The summed E-state index contributed by atoms with van der Waals surface area (Å²) < 4.78 is 11.0. The number of rotatable bonds is 5. The Hall–Kier alpha value is -1.07. The number of ether oxygens (including phenoxy) is 2. The number of amides is 2. The smallest absolute Gasteiger partial charge is 0.317 e. The number of carbonyl (C=O) groups excluding carboxylic acids is 1. The number of fused-ring (bicyclic) bond motifs is 1. The molecule has 2 saturated heterocycles. The van der Waals surface area contributed by atoms with Crippen LogP contribution in [0.4, 0.5) is 4.79 Å². The lowest BCUT2D eigenvalue weighted by atomic mass is 9.86. The van der Waals surface area contributed by atoms with Gasteiger partial charge >= 0.3 is 6.03 Å². The average Bonchev–Trinajstić information content (AvgIpc) is 3.15. The maximum atomic E-state index is 12.1. The summed E-state index contributed by atoms with van der Waals surface area (Å²) in [5, 5.41) is 2.96. The molecule has 2 aliphatic heterocycles. The lowest BCUT2D eigenvalue weighted by Gasteiger charge is -2.17. The molecular weight excluding hydrogens is 268 g/mol. The van der Waals surface area contributed by atoms with Crippen molar-refractivity contribution in [2.24, 2.45) is 11.8 Å². The minimum absolute atomic E-state index is 0.0603. The molecule has 0 unspecified atom stereocenters. The van der Waals surface area contributed by atoms with Crippen LogP contribution in [-0.4, -0.2) is 56.5 Å². The molecule has 0 aromatic carbocycles. The first-order valence-electron chi connectivity index (χ1n) is 8.20. The standard InChI is InChI=1S/C16H26N2O3/c19-16(17-7-9-20-12-15-6-3-8-21-15)18-10-13-4-1-2-5-14(13)11-18/h1-2,13-15H,3-12H2,(H,17,19)/t13-,14+,15-/m1/s1. The average molecular weight is 294 g/mol. The molecule has 0 saturated carbocycles. The predicted octanol–water partition coefficient (Wildman–Crippen LogP) is 1.79. The summed E-state index contributed by atoms with van der Waals surface area (Å²) in [6.07, 6.45) is 9.24. The molecule has 0 bridgehead atoms. The van der Waals surface area contributed by atoms with E-state index in [2.05, 4.69) is 17.5 Å². The van der Waals surface area contributed by atoms with Gasteiger partial charge in [0.2, 0.25) is 0 Å². The quantitative estimate of drug-likeness (QED) is 0.621. The van der Waals surface area contributed by atoms with Crippen LogP contribution in [0, 0.1) is 11.8 Å². The summed E-state index contributed by atoms with van der Waals surface area (Å²) >= 11 is 0. The second kappa shape index (κ2) is 7.27. The first-order chi connectivity index (χ1) is 10.3. The molecule has 118 valence electrons. The normalized spacial score (nSPS) is 31.4. The Balaban J connectivity index is 1.28. The highest BCUT2D eigenvalue weighted by molar-refractivity contribution is 5.74. The van der Waals surface area contributed by atoms with Crippen LogP contribution >= 0.6 is 0 Å². The Bertz CT molecular complexity index is 364. The molecule has 5 nitrogen and oxygen atoms in total. The molecule has 3 atom stereocenters. The highest BCUT2D eigenvalue weighted by atomic mass is 16.5. The molecule has 2 heterocycles. The maximum Gasteiger partial charge on any atom is 0.317 e. The van der Waals surface area contributed by atoms with Gasteiger partial charge in [0.1, 0.15) is 0 Å². The van der Waals surface area contributed by atoms with Crippen LogP contribution < -0.4 is 5.32 Å². The Morgan fingerprint density at radius 2 is 2.05 bits per heavy atom. The van der Waals surface area contributed by atoms with Crippen molar-refractivity contribution in [1.29, 1.82) is 0 Å². The van der Waals surface area contributed by atoms with E-state index in [9.17, 15) is 4.79 Å². The van der Waals surface area contributed by atoms with Crippen LogP contribution in [0.2, 0.25) is 0 Å². The second-order valence-corrected chi connectivity index (χ2v) is 6.31. The molecule has 2 amide bonds. The van der Waals surface area contributed by atoms with Crippen molar-refractivity contribution in [3.8, 4) is 0 Å². The second-order valence-electron chi connectivity index (χ2n) is 6.31. The van der Waals surface area contributed by atoms with E-state index in [1.54, 1.807) is 0 Å². The van der Waals surface area contributed by atoms with Crippen LogP contribution in [0.3, 0.4) is 0 Å². The SMILES string of the molecule is O=C(NCCOC[C@H]1CCCO1)N1C[C@H]2CC=CC[C@H]2C1. The van der Waals surface area contributed by atoms with Gasteiger partial charge in [-0.3, -0.25) is 0 Å². The number of nitrogens with one attached hydrogen (secondary N) is 1. The van der Waals surface area contributed by atoms with E-state index in [0.717, 1.165) is 45.4 Å². The fourth-order valence-corrected chi connectivity index (χ4v) is 3.51. The Morgan fingerprint density at radius 3 is 2.71 bits per heavy atom. The van der Waals surface area contributed by atoms with E-state index < -0.39 is 0 Å². The van der Waals surface area contributed by atoms with Gasteiger partial charge in [-0.1, -0.05) is 12.2 Å². The molecule has 2 fully saturated rings. The van der Waals surface area contributed by atoms with E-state index in [1.807, 2.05) is 4.90 Å². The maximum absolute atomic E-state index is 12.1.